The van der Waals surface area contributed by atoms with Gasteiger partial charge in [-0.25, -0.2) is 0 Å². The van der Waals surface area contributed by atoms with Crippen molar-refractivity contribution >= 4 is 0 Å². The minimum atomic E-state index is 0.192. The maximum absolute atomic E-state index is 4.55. The topological polar surface area (TPSA) is 29.9 Å². The predicted molar refractivity (Wildman–Crippen MR) is 79.4 cm³/mol. The molecule has 1 N–H and O–H groups in total. The third kappa shape index (κ3) is 2.56. The zero-order valence-electron chi connectivity index (χ0n) is 12.5. The van der Waals surface area contributed by atoms with Crippen LogP contribution in [0.5, 0.6) is 0 Å². The molecule has 1 aromatic carbocycles. The van der Waals surface area contributed by atoms with Gasteiger partial charge in [0.2, 0.25) is 0 Å². The molecule has 0 radical (unpaired) electrons. The van der Waals surface area contributed by atoms with Crippen LogP contribution in [0.2, 0.25) is 0 Å². The third-order valence-electron chi connectivity index (χ3n) is 3.87. The monoisotopic (exact) mass is 257 g/mol. The lowest BCUT2D eigenvalue weighted by Crippen LogP contribution is -2.21. The molecule has 0 amide bonds. The normalized spacial score (nSPS) is 12.7. The summed E-state index contributed by atoms with van der Waals surface area (Å²) in [6.45, 7) is 6.48. The Morgan fingerprint density at radius 3 is 2.63 bits per heavy atom. The summed E-state index contributed by atoms with van der Waals surface area (Å²) in [5, 5.41) is 7.97. The molecule has 1 atom stereocenters. The summed E-state index contributed by atoms with van der Waals surface area (Å²) in [7, 11) is 4.02. The van der Waals surface area contributed by atoms with E-state index in [9.17, 15) is 0 Å². The lowest BCUT2D eigenvalue weighted by molar-refractivity contribution is 0.601. The molecule has 1 aromatic heterocycles. The summed E-state index contributed by atoms with van der Waals surface area (Å²) in [5.74, 6) is 0. The minimum Gasteiger partial charge on any atom is -0.308 e. The van der Waals surface area contributed by atoms with Gasteiger partial charge in [0.05, 0.1) is 17.4 Å². The number of hydrogen-bond acceptors (Lipinski definition) is 2. The number of rotatable bonds is 4. The van der Waals surface area contributed by atoms with Crippen LogP contribution in [-0.2, 0) is 13.5 Å². The Labute approximate surface area is 115 Å². The lowest BCUT2D eigenvalue weighted by Gasteiger charge is -2.20. The average molecular weight is 257 g/mol. The number of hydrogen-bond donors (Lipinski definition) is 1. The number of aryl methyl sites for hydroxylation is 3. The standard InChI is InChI=1S/C16H23N3/c1-6-13-10-15(19(5)18-13)16(17-4)14-9-7-8-11(2)12(14)3/h7-10,16-17H,6H2,1-5H3. The van der Waals surface area contributed by atoms with E-state index in [0.29, 0.717) is 0 Å². The molecule has 3 nitrogen and oxygen atoms in total. The van der Waals surface area contributed by atoms with E-state index in [2.05, 4.69) is 55.5 Å². The smallest absolute Gasteiger partial charge is 0.0748 e. The molecule has 0 fully saturated rings. The minimum absolute atomic E-state index is 0.192. The Kier molecular flexibility index (Phi) is 4.05. The van der Waals surface area contributed by atoms with Crippen molar-refractivity contribution < 1.29 is 0 Å². The van der Waals surface area contributed by atoms with Gasteiger partial charge < -0.3 is 5.32 Å². The van der Waals surface area contributed by atoms with Crippen molar-refractivity contribution in [3.8, 4) is 0 Å². The number of aromatic nitrogens is 2. The second-order valence-corrected chi connectivity index (χ2v) is 5.05. The van der Waals surface area contributed by atoms with E-state index in [0.717, 1.165) is 12.1 Å². The fourth-order valence-electron chi connectivity index (χ4n) is 2.54. The lowest BCUT2D eigenvalue weighted by atomic mass is 9.95. The van der Waals surface area contributed by atoms with E-state index >= 15 is 0 Å². The number of nitrogens with zero attached hydrogens (tertiary/aromatic N) is 2. The molecule has 19 heavy (non-hydrogen) atoms. The molecule has 0 aliphatic heterocycles. The maximum atomic E-state index is 4.55. The molecular formula is C16H23N3. The quantitative estimate of drug-likeness (QED) is 0.912. The highest BCUT2D eigenvalue weighted by atomic mass is 15.3. The summed E-state index contributed by atoms with van der Waals surface area (Å²) in [4.78, 5) is 0. The fraction of sp³-hybridized carbons (Fsp3) is 0.438. The maximum Gasteiger partial charge on any atom is 0.0748 e. The molecule has 0 saturated carbocycles. The van der Waals surface area contributed by atoms with Crippen LogP contribution in [0, 0.1) is 13.8 Å². The first-order valence-corrected chi connectivity index (χ1v) is 6.84. The van der Waals surface area contributed by atoms with Gasteiger partial charge in [-0.1, -0.05) is 25.1 Å². The zero-order chi connectivity index (χ0) is 14.0. The molecule has 3 heteroatoms. The van der Waals surface area contributed by atoms with Crippen molar-refractivity contribution in [3.63, 3.8) is 0 Å². The van der Waals surface area contributed by atoms with Gasteiger partial charge in [-0.15, -0.1) is 0 Å². The summed E-state index contributed by atoms with van der Waals surface area (Å²) in [6.07, 6.45) is 0.969. The van der Waals surface area contributed by atoms with Gasteiger partial charge in [0.25, 0.3) is 0 Å². The molecule has 102 valence electrons. The van der Waals surface area contributed by atoms with Crippen LogP contribution in [-0.4, -0.2) is 16.8 Å². The highest BCUT2D eigenvalue weighted by Crippen LogP contribution is 2.26. The van der Waals surface area contributed by atoms with Crippen LogP contribution in [0.3, 0.4) is 0 Å². The Hall–Kier alpha value is -1.61. The highest BCUT2D eigenvalue weighted by Gasteiger charge is 2.19. The van der Waals surface area contributed by atoms with Crippen molar-refractivity contribution in [2.75, 3.05) is 7.05 Å². The summed E-state index contributed by atoms with van der Waals surface area (Å²) in [6, 6.07) is 8.87. The van der Waals surface area contributed by atoms with Gasteiger partial charge >= 0.3 is 0 Å². The molecule has 2 aromatic rings. The Morgan fingerprint density at radius 2 is 2.05 bits per heavy atom. The van der Waals surface area contributed by atoms with Crippen LogP contribution in [0.15, 0.2) is 24.3 Å². The second-order valence-electron chi connectivity index (χ2n) is 5.05. The van der Waals surface area contributed by atoms with E-state index in [-0.39, 0.29) is 6.04 Å². The highest BCUT2D eigenvalue weighted by molar-refractivity contribution is 5.39. The number of nitrogens with one attached hydrogen (secondary N) is 1. The van der Waals surface area contributed by atoms with Gasteiger partial charge in [-0.05, 0) is 50.1 Å². The summed E-state index contributed by atoms with van der Waals surface area (Å²) < 4.78 is 1.99. The van der Waals surface area contributed by atoms with Gasteiger partial charge in [0.1, 0.15) is 0 Å². The first-order valence-electron chi connectivity index (χ1n) is 6.84. The largest absolute Gasteiger partial charge is 0.308 e. The van der Waals surface area contributed by atoms with Gasteiger partial charge in [-0.2, -0.15) is 5.10 Å². The molecular weight excluding hydrogens is 234 g/mol. The van der Waals surface area contributed by atoms with Crippen molar-refractivity contribution in [2.45, 2.75) is 33.2 Å². The predicted octanol–water partition coefficient (Wildman–Crippen LogP) is 2.91. The van der Waals surface area contributed by atoms with E-state index in [1.165, 1.54) is 22.4 Å². The van der Waals surface area contributed by atoms with Gasteiger partial charge in [0, 0.05) is 7.05 Å². The molecule has 0 aliphatic rings. The van der Waals surface area contributed by atoms with Crippen molar-refractivity contribution in [1.29, 1.82) is 0 Å². The van der Waals surface area contributed by atoms with E-state index in [1.54, 1.807) is 0 Å². The first-order chi connectivity index (χ1) is 9.08. The first kappa shape index (κ1) is 13.8. The van der Waals surface area contributed by atoms with Crippen molar-refractivity contribution in [2.24, 2.45) is 7.05 Å². The molecule has 0 bridgehead atoms. The Bertz CT molecular complexity index is 569. The second kappa shape index (κ2) is 5.57. The molecule has 0 aliphatic carbocycles. The van der Waals surface area contributed by atoms with E-state index in [1.807, 2.05) is 18.8 Å². The van der Waals surface area contributed by atoms with E-state index in [4.69, 9.17) is 0 Å². The Morgan fingerprint density at radius 1 is 1.32 bits per heavy atom. The number of benzene rings is 1. The summed E-state index contributed by atoms with van der Waals surface area (Å²) >= 11 is 0. The van der Waals surface area contributed by atoms with Crippen LogP contribution < -0.4 is 5.32 Å². The van der Waals surface area contributed by atoms with Crippen molar-refractivity contribution in [1.82, 2.24) is 15.1 Å². The van der Waals surface area contributed by atoms with Crippen LogP contribution >= 0.6 is 0 Å². The molecule has 1 unspecified atom stereocenters. The summed E-state index contributed by atoms with van der Waals surface area (Å²) in [5.41, 5.74) is 6.36. The van der Waals surface area contributed by atoms with Crippen molar-refractivity contribution in [3.05, 3.63) is 52.3 Å². The SMILES string of the molecule is CCc1cc(C(NC)c2cccc(C)c2C)n(C)n1. The Balaban J connectivity index is 2.49. The van der Waals surface area contributed by atoms with Crippen LogP contribution in [0.25, 0.3) is 0 Å². The molecule has 0 saturated heterocycles. The van der Waals surface area contributed by atoms with Crippen LogP contribution in [0.4, 0.5) is 0 Å². The van der Waals surface area contributed by atoms with E-state index < -0.39 is 0 Å². The molecule has 0 spiro atoms. The average Bonchev–Trinajstić information content (AvgIpc) is 2.77. The molecule has 1 heterocycles. The van der Waals surface area contributed by atoms with Gasteiger partial charge in [0.15, 0.2) is 0 Å². The fourth-order valence-corrected chi connectivity index (χ4v) is 2.54. The zero-order valence-corrected chi connectivity index (χ0v) is 12.5. The van der Waals surface area contributed by atoms with Gasteiger partial charge in [-0.3, -0.25) is 4.68 Å². The third-order valence-corrected chi connectivity index (χ3v) is 3.87. The van der Waals surface area contributed by atoms with Crippen LogP contribution in [0.1, 0.15) is 41.0 Å². The molecule has 2 rings (SSSR count).